The van der Waals surface area contributed by atoms with E-state index in [0.717, 1.165) is 63.8 Å². The van der Waals surface area contributed by atoms with Crippen LogP contribution in [0.5, 0.6) is 5.75 Å². The maximum Gasteiger partial charge on any atom is 0.251 e. The third-order valence-corrected chi connectivity index (χ3v) is 8.42. The molecule has 0 unspecified atom stereocenters. The Bertz CT molecular complexity index is 1480. The van der Waals surface area contributed by atoms with Crippen LogP contribution < -0.4 is 15.4 Å². The lowest BCUT2D eigenvalue weighted by atomic mass is 10.1. The zero-order valence-corrected chi connectivity index (χ0v) is 24.9. The molecule has 0 spiro atoms. The van der Waals surface area contributed by atoms with E-state index in [0.29, 0.717) is 17.4 Å². The second kappa shape index (κ2) is 14.4. The Hall–Kier alpha value is -3.46. The number of piperidine rings is 1. The van der Waals surface area contributed by atoms with Crippen molar-refractivity contribution in [1.82, 2.24) is 14.9 Å². The maximum absolute atomic E-state index is 13.0. The van der Waals surface area contributed by atoms with E-state index in [-0.39, 0.29) is 5.91 Å². The number of likely N-dealkylation sites (tertiary alicyclic amines) is 1. The van der Waals surface area contributed by atoms with Gasteiger partial charge in [-0.25, -0.2) is 4.98 Å². The molecule has 1 aliphatic heterocycles. The second-order valence-corrected chi connectivity index (χ2v) is 11.6. The normalized spacial score (nSPS) is 14.2. The van der Waals surface area contributed by atoms with Crippen molar-refractivity contribution in [2.75, 3.05) is 30.3 Å². The number of thiazole rings is 1. The Morgan fingerprint density at radius 2 is 1.93 bits per heavy atom. The highest BCUT2D eigenvalue weighted by atomic mass is 35.5. The summed E-state index contributed by atoms with van der Waals surface area (Å²) in [6.45, 7) is 5.85. The van der Waals surface area contributed by atoms with Crippen molar-refractivity contribution in [1.29, 1.82) is 0 Å². The number of fused-ring (bicyclic) bond motifs is 1. The summed E-state index contributed by atoms with van der Waals surface area (Å²) in [5.74, 6) is 0.558. The molecule has 3 heterocycles. The topological polar surface area (TPSA) is 79.4 Å². The first-order valence-electron chi connectivity index (χ1n) is 14.3. The van der Waals surface area contributed by atoms with Gasteiger partial charge in [0.15, 0.2) is 5.13 Å². The van der Waals surface area contributed by atoms with E-state index in [1.54, 1.807) is 6.20 Å². The lowest BCUT2D eigenvalue weighted by molar-refractivity contribution is -0.113. The molecule has 214 valence electrons. The molecule has 0 atom stereocenters. The Morgan fingerprint density at radius 1 is 1.07 bits per heavy atom. The van der Waals surface area contributed by atoms with Gasteiger partial charge in [-0.3, -0.25) is 9.78 Å². The predicted octanol–water partition coefficient (Wildman–Crippen LogP) is 8.21. The summed E-state index contributed by atoms with van der Waals surface area (Å²) in [6, 6.07) is 17.1. The fourth-order valence-electron chi connectivity index (χ4n) is 4.94. The molecule has 9 heteroatoms. The fraction of sp³-hybridized carbons (Fsp3) is 0.344. The molecule has 1 aliphatic rings. The number of anilines is 3. The number of nitrogens with one attached hydrogen (secondary N) is 2. The zero-order chi connectivity index (χ0) is 28.4. The van der Waals surface area contributed by atoms with E-state index >= 15 is 0 Å². The minimum Gasteiger partial charge on any atom is -0.486 e. The van der Waals surface area contributed by atoms with Crippen LogP contribution in [-0.4, -0.2) is 40.4 Å². The third-order valence-electron chi connectivity index (χ3n) is 7.19. The number of allylic oxidation sites excluding steroid dienone is 1. The van der Waals surface area contributed by atoms with Gasteiger partial charge in [-0.2, -0.15) is 0 Å². The number of rotatable bonds is 12. The van der Waals surface area contributed by atoms with Crippen LogP contribution in [0.1, 0.15) is 51.1 Å². The number of amides is 1. The standard InChI is InChI=1S/C32H36ClN5O2S/c1-2-23(10-5-9-19-38-17-7-3-8-18-38)31(39)35-25-12-14-28-30(21-25)41-32(37-28)36-24-13-15-29(27(33)20-24)40-22-26-11-4-6-16-34-26/h2,4,6,11-16,20-21H,3,5,7-10,17-19,22H2,1H3,(H,35,39)(H,36,37)/b23-2+. The molecule has 2 aromatic heterocycles. The quantitative estimate of drug-likeness (QED) is 0.128. The van der Waals surface area contributed by atoms with Crippen LogP contribution in [-0.2, 0) is 11.4 Å². The van der Waals surface area contributed by atoms with Gasteiger partial charge in [0.1, 0.15) is 12.4 Å². The van der Waals surface area contributed by atoms with Crippen molar-refractivity contribution in [3.05, 3.63) is 83.2 Å². The van der Waals surface area contributed by atoms with Gasteiger partial charge in [-0.15, -0.1) is 0 Å². The van der Waals surface area contributed by atoms with Crippen LogP contribution in [0.4, 0.5) is 16.5 Å². The monoisotopic (exact) mass is 589 g/mol. The summed E-state index contributed by atoms with van der Waals surface area (Å²) in [5.41, 5.74) is 4.11. The van der Waals surface area contributed by atoms with Gasteiger partial charge in [0.05, 0.1) is 20.9 Å². The molecule has 41 heavy (non-hydrogen) atoms. The van der Waals surface area contributed by atoms with Crippen LogP contribution in [0.25, 0.3) is 10.2 Å². The zero-order valence-electron chi connectivity index (χ0n) is 23.4. The molecule has 5 rings (SSSR count). The molecule has 0 aliphatic carbocycles. The third kappa shape index (κ3) is 8.28. The molecule has 4 aromatic rings. The number of pyridine rings is 1. The Kier molecular flexibility index (Phi) is 10.2. The van der Waals surface area contributed by atoms with Gasteiger partial charge >= 0.3 is 0 Å². The van der Waals surface area contributed by atoms with E-state index in [9.17, 15) is 4.79 Å². The number of benzene rings is 2. The number of hydrogen-bond acceptors (Lipinski definition) is 7. The summed E-state index contributed by atoms with van der Waals surface area (Å²) < 4.78 is 6.80. The van der Waals surface area contributed by atoms with Crippen LogP contribution in [0.2, 0.25) is 5.02 Å². The molecule has 1 saturated heterocycles. The summed E-state index contributed by atoms with van der Waals surface area (Å²) in [4.78, 5) is 24.5. The molecule has 0 bridgehead atoms. The van der Waals surface area contributed by atoms with Gasteiger partial charge < -0.3 is 20.3 Å². The number of aromatic nitrogens is 2. The highest BCUT2D eigenvalue weighted by Gasteiger charge is 2.13. The Labute approximate surface area is 250 Å². The van der Waals surface area contributed by atoms with Gasteiger partial charge in [-0.05, 0) is 107 Å². The lowest BCUT2D eigenvalue weighted by Crippen LogP contribution is -2.30. The number of hydrogen-bond donors (Lipinski definition) is 2. The van der Waals surface area contributed by atoms with Gasteiger partial charge in [-0.1, -0.05) is 41.5 Å². The number of nitrogens with zero attached hydrogens (tertiary/aromatic N) is 3. The summed E-state index contributed by atoms with van der Waals surface area (Å²) in [7, 11) is 0. The Morgan fingerprint density at radius 3 is 2.71 bits per heavy atom. The van der Waals surface area contributed by atoms with E-state index in [4.69, 9.17) is 21.3 Å². The smallest absolute Gasteiger partial charge is 0.251 e. The van der Waals surface area contributed by atoms with Crippen molar-refractivity contribution in [3.8, 4) is 5.75 Å². The van der Waals surface area contributed by atoms with Gasteiger partial charge in [0, 0.05) is 23.1 Å². The van der Waals surface area contributed by atoms with E-state index in [1.807, 2.05) is 67.6 Å². The molecule has 1 amide bonds. The van der Waals surface area contributed by atoms with Gasteiger partial charge in [0.25, 0.3) is 5.91 Å². The van der Waals surface area contributed by atoms with Crippen LogP contribution in [0, 0.1) is 0 Å². The number of unbranched alkanes of at least 4 members (excludes halogenated alkanes) is 1. The van der Waals surface area contributed by atoms with Crippen LogP contribution in [0.15, 0.2) is 72.4 Å². The number of carbonyl (C=O) groups is 1. The van der Waals surface area contributed by atoms with Crippen molar-refractivity contribution in [2.24, 2.45) is 0 Å². The maximum atomic E-state index is 13.0. The minimum absolute atomic E-state index is 0.0346. The van der Waals surface area contributed by atoms with E-state index in [2.05, 4.69) is 20.5 Å². The first-order valence-corrected chi connectivity index (χ1v) is 15.5. The fourth-order valence-corrected chi connectivity index (χ4v) is 6.10. The van der Waals surface area contributed by atoms with Crippen molar-refractivity contribution >= 4 is 55.6 Å². The minimum atomic E-state index is -0.0346. The summed E-state index contributed by atoms with van der Waals surface area (Å²) in [6.07, 6.45) is 10.6. The van der Waals surface area contributed by atoms with Crippen molar-refractivity contribution in [3.63, 3.8) is 0 Å². The number of ether oxygens (including phenoxy) is 1. The lowest BCUT2D eigenvalue weighted by Gasteiger charge is -2.26. The number of halogens is 1. The molecular weight excluding hydrogens is 554 g/mol. The molecular formula is C32H36ClN5O2S. The molecule has 0 radical (unpaired) electrons. The molecule has 0 saturated carbocycles. The Balaban J connectivity index is 1.14. The summed E-state index contributed by atoms with van der Waals surface area (Å²) in [5, 5.41) is 7.65. The van der Waals surface area contributed by atoms with Crippen molar-refractivity contribution < 1.29 is 9.53 Å². The average Bonchev–Trinajstić information content (AvgIpc) is 3.39. The van der Waals surface area contributed by atoms with Gasteiger partial charge in [0.2, 0.25) is 0 Å². The highest BCUT2D eigenvalue weighted by molar-refractivity contribution is 7.22. The van der Waals surface area contributed by atoms with E-state index in [1.165, 1.54) is 43.7 Å². The van der Waals surface area contributed by atoms with Crippen LogP contribution in [0.3, 0.4) is 0 Å². The molecule has 1 fully saturated rings. The number of carbonyl (C=O) groups excluding carboxylic acids is 1. The molecule has 2 N–H and O–H groups in total. The van der Waals surface area contributed by atoms with Crippen LogP contribution >= 0.6 is 22.9 Å². The average molecular weight is 590 g/mol. The second-order valence-electron chi connectivity index (χ2n) is 10.2. The van der Waals surface area contributed by atoms with Crippen molar-refractivity contribution in [2.45, 2.75) is 52.1 Å². The SMILES string of the molecule is C/C=C(\CCCCN1CCCCC1)C(=O)Nc1ccc2nc(Nc3ccc(OCc4ccccn4)c(Cl)c3)sc2c1. The first kappa shape index (κ1) is 29.0. The molecule has 7 nitrogen and oxygen atoms in total. The summed E-state index contributed by atoms with van der Waals surface area (Å²) >= 11 is 7.99. The predicted molar refractivity (Wildman–Crippen MR) is 169 cm³/mol. The molecule has 2 aromatic carbocycles. The highest BCUT2D eigenvalue weighted by Crippen LogP contribution is 2.33. The van der Waals surface area contributed by atoms with E-state index < -0.39 is 0 Å². The first-order chi connectivity index (χ1) is 20.1. The largest absolute Gasteiger partial charge is 0.486 e.